The van der Waals surface area contributed by atoms with Crippen molar-refractivity contribution in [3.63, 3.8) is 0 Å². The fraction of sp³-hybridized carbons (Fsp3) is 0.579. The predicted molar refractivity (Wildman–Crippen MR) is 105 cm³/mol. The van der Waals surface area contributed by atoms with Crippen LogP contribution in [-0.4, -0.2) is 75.7 Å². The smallest absolute Gasteiger partial charge is 0.387 e. The minimum absolute atomic E-state index is 0.0340. The number of aliphatic imine (C=N–C) groups is 1. The third-order valence-electron chi connectivity index (χ3n) is 3.75. The summed E-state index contributed by atoms with van der Waals surface area (Å²) in [6.45, 7) is 1.59. The van der Waals surface area contributed by atoms with Crippen LogP contribution in [0.15, 0.2) is 29.3 Å². The maximum atomic E-state index is 12.2. The molecule has 7 nitrogen and oxygen atoms in total. The number of hydrogen-bond donors (Lipinski definition) is 1. The van der Waals surface area contributed by atoms with Crippen molar-refractivity contribution in [2.24, 2.45) is 4.99 Å². The third-order valence-corrected chi connectivity index (χ3v) is 3.75. The van der Waals surface area contributed by atoms with Crippen molar-refractivity contribution in [3.05, 3.63) is 29.8 Å². The molecule has 9 heteroatoms. The highest BCUT2D eigenvalue weighted by Crippen LogP contribution is 2.15. The Bertz CT molecular complexity index is 610. The van der Waals surface area contributed by atoms with E-state index in [9.17, 15) is 13.6 Å². The molecule has 1 rings (SSSR count). The number of nitrogens with one attached hydrogen (secondary N) is 1. The summed E-state index contributed by atoms with van der Waals surface area (Å²) in [6, 6.07) is 6.42. The first-order valence-electron chi connectivity index (χ1n) is 9.14. The second-order valence-corrected chi connectivity index (χ2v) is 6.28. The number of benzene rings is 1. The molecule has 28 heavy (non-hydrogen) atoms. The van der Waals surface area contributed by atoms with Crippen LogP contribution in [0.25, 0.3) is 0 Å². The zero-order valence-corrected chi connectivity index (χ0v) is 17.0. The van der Waals surface area contributed by atoms with Crippen LogP contribution < -0.4 is 10.1 Å². The van der Waals surface area contributed by atoms with E-state index in [0.717, 1.165) is 12.0 Å². The normalized spacial score (nSPS) is 11.5. The van der Waals surface area contributed by atoms with Crippen LogP contribution in [-0.2, 0) is 16.1 Å². The molecule has 0 unspecified atom stereocenters. The molecule has 1 amide bonds. The van der Waals surface area contributed by atoms with Gasteiger partial charge in [0.25, 0.3) is 0 Å². The molecule has 1 aromatic rings. The standard InChI is InChI=1S/C19H30F2N4O3/c1-5-27-12-6-11-22-19(23-13-17(26)24(2)3)25(4)14-15-7-9-16(10-8-15)28-18(20)21/h7-10,18H,5-6,11-14H2,1-4H3,(H,22,23). The fourth-order valence-electron chi connectivity index (χ4n) is 2.24. The van der Waals surface area contributed by atoms with E-state index in [1.807, 2.05) is 18.9 Å². The van der Waals surface area contributed by atoms with Gasteiger partial charge in [-0.1, -0.05) is 12.1 Å². The highest BCUT2D eigenvalue weighted by Gasteiger charge is 2.10. The van der Waals surface area contributed by atoms with Gasteiger partial charge in [-0.05, 0) is 31.0 Å². The number of hydrogen-bond acceptors (Lipinski definition) is 4. The highest BCUT2D eigenvalue weighted by molar-refractivity contribution is 5.84. The topological polar surface area (TPSA) is 66.4 Å². The van der Waals surface area contributed by atoms with Gasteiger partial charge in [0.15, 0.2) is 5.96 Å². The molecule has 0 bridgehead atoms. The van der Waals surface area contributed by atoms with Crippen LogP contribution in [0.1, 0.15) is 18.9 Å². The average Bonchev–Trinajstić information content (AvgIpc) is 2.64. The van der Waals surface area contributed by atoms with Crippen molar-refractivity contribution in [1.29, 1.82) is 0 Å². The Kier molecular flexibility index (Phi) is 10.9. The Morgan fingerprint density at radius 3 is 2.46 bits per heavy atom. The van der Waals surface area contributed by atoms with Crippen LogP contribution in [0.5, 0.6) is 5.75 Å². The van der Waals surface area contributed by atoms with Gasteiger partial charge >= 0.3 is 6.61 Å². The second kappa shape index (κ2) is 12.9. The van der Waals surface area contributed by atoms with E-state index in [4.69, 9.17) is 4.74 Å². The molecule has 0 aliphatic carbocycles. The number of ether oxygens (including phenoxy) is 2. The number of likely N-dealkylation sites (N-methyl/N-ethyl adjacent to an activating group) is 1. The van der Waals surface area contributed by atoms with E-state index in [1.165, 1.54) is 17.0 Å². The Hall–Kier alpha value is -2.42. The van der Waals surface area contributed by atoms with Crippen molar-refractivity contribution in [2.45, 2.75) is 26.5 Å². The van der Waals surface area contributed by atoms with E-state index in [1.54, 1.807) is 26.2 Å². The molecule has 0 saturated heterocycles. The maximum absolute atomic E-state index is 12.2. The number of amides is 1. The fourth-order valence-corrected chi connectivity index (χ4v) is 2.24. The summed E-state index contributed by atoms with van der Waals surface area (Å²) in [5.41, 5.74) is 0.895. The van der Waals surface area contributed by atoms with Gasteiger partial charge < -0.3 is 24.6 Å². The van der Waals surface area contributed by atoms with Crippen LogP contribution in [0, 0.1) is 0 Å². The molecule has 0 saturated carbocycles. The number of guanidine groups is 1. The molecule has 0 atom stereocenters. The molecule has 158 valence electrons. The van der Waals surface area contributed by atoms with Gasteiger partial charge in [0.05, 0.1) is 0 Å². The van der Waals surface area contributed by atoms with E-state index in [-0.39, 0.29) is 18.2 Å². The van der Waals surface area contributed by atoms with Gasteiger partial charge in [-0.25, -0.2) is 4.99 Å². The van der Waals surface area contributed by atoms with Gasteiger partial charge in [-0.2, -0.15) is 8.78 Å². The second-order valence-electron chi connectivity index (χ2n) is 6.28. The molecule has 0 aromatic heterocycles. The van der Waals surface area contributed by atoms with Crippen molar-refractivity contribution in [2.75, 3.05) is 47.4 Å². The number of halogens is 2. The van der Waals surface area contributed by atoms with Gasteiger partial charge in [0.2, 0.25) is 5.91 Å². The third kappa shape index (κ3) is 9.50. The lowest BCUT2D eigenvalue weighted by molar-refractivity contribution is -0.127. The van der Waals surface area contributed by atoms with Gasteiger partial charge in [0.1, 0.15) is 12.3 Å². The summed E-state index contributed by atoms with van der Waals surface area (Å²) in [5, 5.41) is 3.23. The summed E-state index contributed by atoms with van der Waals surface area (Å²) < 4.78 is 34.2. The summed E-state index contributed by atoms with van der Waals surface area (Å²) in [7, 11) is 5.21. The summed E-state index contributed by atoms with van der Waals surface area (Å²) in [6.07, 6.45) is 0.808. The molecule has 0 aliphatic heterocycles. The SMILES string of the molecule is CCOCCCNC(=NCC(=O)N(C)C)N(C)Cc1ccc(OC(F)F)cc1. The summed E-state index contributed by atoms with van der Waals surface area (Å²) in [4.78, 5) is 19.6. The maximum Gasteiger partial charge on any atom is 0.387 e. The summed E-state index contributed by atoms with van der Waals surface area (Å²) >= 11 is 0. The zero-order valence-electron chi connectivity index (χ0n) is 17.0. The van der Waals surface area contributed by atoms with E-state index in [0.29, 0.717) is 32.3 Å². The first kappa shape index (κ1) is 23.6. The molecule has 0 heterocycles. The first-order valence-corrected chi connectivity index (χ1v) is 9.14. The molecular formula is C19H30F2N4O3. The monoisotopic (exact) mass is 400 g/mol. The molecule has 0 fully saturated rings. The van der Waals surface area contributed by atoms with Gasteiger partial charge in [-0.3, -0.25) is 4.79 Å². The van der Waals surface area contributed by atoms with Crippen molar-refractivity contribution < 1.29 is 23.0 Å². The molecule has 1 N–H and O–H groups in total. The number of rotatable bonds is 11. The lowest BCUT2D eigenvalue weighted by Gasteiger charge is -2.23. The van der Waals surface area contributed by atoms with Crippen LogP contribution in [0.2, 0.25) is 0 Å². The molecule has 0 aliphatic rings. The number of carbonyl (C=O) groups is 1. The zero-order chi connectivity index (χ0) is 20.9. The van der Waals surface area contributed by atoms with Gasteiger partial charge in [-0.15, -0.1) is 0 Å². The minimum atomic E-state index is -2.85. The van der Waals surface area contributed by atoms with E-state index >= 15 is 0 Å². The Labute approximate surface area is 165 Å². The lowest BCUT2D eigenvalue weighted by Crippen LogP contribution is -2.40. The first-order chi connectivity index (χ1) is 13.3. The number of nitrogens with zero attached hydrogens (tertiary/aromatic N) is 3. The van der Waals surface area contributed by atoms with E-state index in [2.05, 4.69) is 15.0 Å². The summed E-state index contributed by atoms with van der Waals surface area (Å²) in [5.74, 6) is 0.594. The van der Waals surface area contributed by atoms with Crippen LogP contribution in [0.4, 0.5) is 8.78 Å². The molecule has 0 spiro atoms. The largest absolute Gasteiger partial charge is 0.435 e. The molecular weight excluding hydrogens is 370 g/mol. The van der Waals surface area contributed by atoms with Crippen LogP contribution in [0.3, 0.4) is 0 Å². The highest BCUT2D eigenvalue weighted by atomic mass is 19.3. The number of alkyl halides is 2. The minimum Gasteiger partial charge on any atom is -0.435 e. The van der Waals surface area contributed by atoms with E-state index < -0.39 is 6.61 Å². The lowest BCUT2D eigenvalue weighted by atomic mass is 10.2. The van der Waals surface area contributed by atoms with Crippen molar-refractivity contribution >= 4 is 11.9 Å². The Morgan fingerprint density at radius 1 is 1.21 bits per heavy atom. The van der Waals surface area contributed by atoms with Gasteiger partial charge in [0, 0.05) is 47.4 Å². The predicted octanol–water partition coefficient (Wildman–Crippen LogP) is 2.18. The quantitative estimate of drug-likeness (QED) is 0.350. The van der Waals surface area contributed by atoms with Crippen molar-refractivity contribution in [3.8, 4) is 5.75 Å². The molecule has 0 radical (unpaired) electrons. The van der Waals surface area contributed by atoms with Crippen LogP contribution >= 0.6 is 0 Å². The Morgan fingerprint density at radius 2 is 1.89 bits per heavy atom. The van der Waals surface area contributed by atoms with Crippen molar-refractivity contribution in [1.82, 2.24) is 15.1 Å². The Balaban J connectivity index is 2.71. The average molecular weight is 400 g/mol. The number of carbonyl (C=O) groups excluding carboxylic acids is 1. The molecule has 1 aromatic carbocycles.